The van der Waals surface area contributed by atoms with E-state index in [1.807, 2.05) is 0 Å². The van der Waals surface area contributed by atoms with Gasteiger partial charge in [-0.15, -0.1) is 9.24 Å². The third-order valence-corrected chi connectivity index (χ3v) is 0.612. The summed E-state index contributed by atoms with van der Waals surface area (Å²) in [7, 11) is 2.31. The standard InChI is InChI=1S/C2H3PS/c3-1-2-4/h1H,3H2. The minimum atomic E-state index is 1.61. The van der Waals surface area contributed by atoms with Crippen molar-refractivity contribution in [1.82, 2.24) is 0 Å². The highest BCUT2D eigenvalue weighted by Crippen LogP contribution is 1.69. The van der Waals surface area contributed by atoms with Crippen LogP contribution in [0, 0.1) is 0 Å². The maximum Gasteiger partial charge on any atom is -0.0131 e. The zero-order valence-corrected chi connectivity index (χ0v) is 4.03. The van der Waals surface area contributed by atoms with Crippen LogP contribution in [0.25, 0.3) is 0 Å². The van der Waals surface area contributed by atoms with Crippen molar-refractivity contribution >= 4 is 26.5 Å². The predicted molar refractivity (Wildman–Crippen MR) is 26.9 cm³/mol. The molecule has 0 spiro atoms. The first-order chi connectivity index (χ1) is 1.91. The van der Waals surface area contributed by atoms with Crippen LogP contribution in [0.4, 0.5) is 0 Å². The van der Waals surface area contributed by atoms with Crippen molar-refractivity contribution in [2.75, 3.05) is 0 Å². The van der Waals surface area contributed by atoms with Gasteiger partial charge in [-0.3, -0.25) is 0 Å². The SMILES string of the molecule is PC=C=S. The molecule has 0 saturated carbocycles. The molecule has 0 nitrogen and oxygen atoms in total. The van der Waals surface area contributed by atoms with Crippen molar-refractivity contribution in [3.63, 3.8) is 0 Å². The van der Waals surface area contributed by atoms with Gasteiger partial charge in [0.25, 0.3) is 0 Å². The van der Waals surface area contributed by atoms with E-state index in [4.69, 9.17) is 0 Å². The van der Waals surface area contributed by atoms with Gasteiger partial charge in [-0.2, -0.15) is 0 Å². The largest absolute Gasteiger partial charge is 0.104 e. The Morgan fingerprint density at radius 2 is 2.25 bits per heavy atom. The van der Waals surface area contributed by atoms with Crippen molar-refractivity contribution in [2.45, 2.75) is 0 Å². The fraction of sp³-hybridized carbons (Fsp3) is 0. The highest BCUT2D eigenvalue weighted by Gasteiger charge is 1.26. The zero-order valence-electron chi connectivity index (χ0n) is 2.06. The second-order valence-electron chi connectivity index (χ2n) is 0.285. The van der Waals surface area contributed by atoms with Gasteiger partial charge in [0.15, 0.2) is 0 Å². The highest BCUT2D eigenvalue weighted by atomic mass is 32.1. The molecule has 1 atom stereocenters. The van der Waals surface area contributed by atoms with E-state index < -0.39 is 0 Å². The Hall–Kier alpha value is 0.300. The lowest BCUT2D eigenvalue weighted by molar-refractivity contribution is 3.00. The maximum atomic E-state index is 4.23. The van der Waals surface area contributed by atoms with Crippen molar-refractivity contribution in [1.29, 1.82) is 0 Å². The fourth-order valence-corrected chi connectivity index (χ4v) is 0. The minimum Gasteiger partial charge on any atom is -0.104 e. The normalized spacial score (nSPS) is 4.25. The van der Waals surface area contributed by atoms with E-state index in [1.54, 1.807) is 5.82 Å². The molecule has 0 heterocycles. The molecule has 1 unspecified atom stereocenters. The summed E-state index contributed by atoms with van der Waals surface area (Å²) >= 11 is 4.23. The summed E-state index contributed by atoms with van der Waals surface area (Å²) in [5.41, 5.74) is 0. The Morgan fingerprint density at radius 1 is 2.00 bits per heavy atom. The Labute approximate surface area is 33.1 Å². The van der Waals surface area contributed by atoms with Gasteiger partial charge in [0.2, 0.25) is 0 Å². The zero-order chi connectivity index (χ0) is 3.41. The fourth-order valence-electron chi connectivity index (χ4n) is 0. The van der Waals surface area contributed by atoms with Crippen molar-refractivity contribution in [3.8, 4) is 0 Å². The number of rotatable bonds is 0. The van der Waals surface area contributed by atoms with Gasteiger partial charge in [-0.25, -0.2) is 0 Å². The average molecular weight is 90.1 g/mol. The van der Waals surface area contributed by atoms with Gasteiger partial charge < -0.3 is 0 Å². The van der Waals surface area contributed by atoms with Crippen molar-refractivity contribution in [2.24, 2.45) is 0 Å². The number of hydrogen-bond donors (Lipinski definition) is 0. The van der Waals surface area contributed by atoms with Crippen LogP contribution in [-0.4, -0.2) is 5.02 Å². The first-order valence-corrected chi connectivity index (χ1v) is 1.90. The molecule has 0 rings (SSSR count). The molecule has 0 N–H and O–H groups in total. The van der Waals surface area contributed by atoms with Crippen LogP contribution < -0.4 is 0 Å². The molecule has 0 aliphatic carbocycles. The third kappa shape index (κ3) is 2.30. The van der Waals surface area contributed by atoms with Gasteiger partial charge in [-0.05, 0) is 23.1 Å². The van der Waals surface area contributed by atoms with E-state index in [1.165, 1.54) is 0 Å². The summed E-state index contributed by atoms with van der Waals surface area (Å²) in [5.74, 6) is 1.61. The first-order valence-electron chi connectivity index (χ1n) is 0.826. The summed E-state index contributed by atoms with van der Waals surface area (Å²) in [5, 5.41) is 2.35. The van der Waals surface area contributed by atoms with Gasteiger partial charge in [-0.1, -0.05) is 0 Å². The smallest absolute Gasteiger partial charge is 0.0131 e. The van der Waals surface area contributed by atoms with E-state index in [2.05, 4.69) is 26.5 Å². The molecule has 0 bridgehead atoms. The molecule has 0 saturated heterocycles. The Balaban J connectivity index is 3.11. The summed E-state index contributed by atoms with van der Waals surface area (Å²) in [6.07, 6.45) is 0. The molecule has 0 aliphatic heterocycles. The molecule has 0 fully saturated rings. The molecular formula is C2H3PS. The summed E-state index contributed by atoms with van der Waals surface area (Å²) in [4.78, 5) is 0. The Bertz CT molecular complexity index is 44.0. The van der Waals surface area contributed by atoms with Crippen LogP contribution in [0.3, 0.4) is 0 Å². The van der Waals surface area contributed by atoms with Gasteiger partial charge in [0.05, 0.1) is 0 Å². The molecular weight excluding hydrogens is 87.1 g/mol. The van der Waals surface area contributed by atoms with Gasteiger partial charge >= 0.3 is 0 Å². The molecule has 0 aromatic carbocycles. The topological polar surface area (TPSA) is 0 Å². The second-order valence-corrected chi connectivity index (χ2v) is 0.854. The van der Waals surface area contributed by atoms with Crippen LogP contribution in [0.1, 0.15) is 0 Å². The van der Waals surface area contributed by atoms with E-state index in [9.17, 15) is 0 Å². The molecule has 0 aromatic rings. The van der Waals surface area contributed by atoms with E-state index in [-0.39, 0.29) is 0 Å². The molecule has 0 amide bonds. The van der Waals surface area contributed by atoms with E-state index >= 15 is 0 Å². The maximum absolute atomic E-state index is 4.23. The van der Waals surface area contributed by atoms with Gasteiger partial charge in [0.1, 0.15) is 0 Å². The summed E-state index contributed by atoms with van der Waals surface area (Å²) < 4.78 is 0. The van der Waals surface area contributed by atoms with Crippen molar-refractivity contribution < 1.29 is 0 Å². The van der Waals surface area contributed by atoms with Crippen LogP contribution >= 0.6 is 21.5 Å². The Kier molecular flexibility index (Phi) is 3.55. The molecule has 0 radical (unpaired) electrons. The van der Waals surface area contributed by atoms with Crippen molar-refractivity contribution in [3.05, 3.63) is 5.82 Å². The lowest BCUT2D eigenvalue weighted by atomic mass is 11.3. The molecule has 0 aromatic heterocycles. The molecule has 22 valence electrons. The lowest BCUT2D eigenvalue weighted by Gasteiger charge is -1.35. The number of hydrogen-bond acceptors (Lipinski definition) is 1. The Morgan fingerprint density at radius 3 is 2.25 bits per heavy atom. The predicted octanol–water partition coefficient (Wildman–Crippen LogP) is 0.974. The van der Waals surface area contributed by atoms with E-state index in [0.717, 1.165) is 0 Å². The average Bonchev–Trinajstić information content (AvgIpc) is 1.37. The van der Waals surface area contributed by atoms with Crippen LogP contribution in [0.2, 0.25) is 0 Å². The van der Waals surface area contributed by atoms with Crippen LogP contribution in [0.5, 0.6) is 0 Å². The second kappa shape index (κ2) is 3.30. The van der Waals surface area contributed by atoms with E-state index in [0.29, 0.717) is 0 Å². The van der Waals surface area contributed by atoms with Gasteiger partial charge in [0, 0.05) is 0 Å². The molecule has 4 heavy (non-hydrogen) atoms. The van der Waals surface area contributed by atoms with Crippen LogP contribution in [0.15, 0.2) is 5.82 Å². The minimum absolute atomic E-state index is 1.61. The molecule has 0 aliphatic rings. The lowest BCUT2D eigenvalue weighted by Crippen LogP contribution is -1.16. The molecule has 2 heteroatoms. The van der Waals surface area contributed by atoms with Crippen LogP contribution in [-0.2, 0) is 0 Å². The summed E-state index contributed by atoms with van der Waals surface area (Å²) in [6.45, 7) is 0. The highest BCUT2D eigenvalue weighted by molar-refractivity contribution is 7.78. The number of thiocarbonyl (C=S) groups is 1. The third-order valence-electron chi connectivity index (χ3n) is 0.0680. The monoisotopic (exact) mass is 90.0 g/mol. The quantitative estimate of drug-likeness (QED) is 0.315. The summed E-state index contributed by atoms with van der Waals surface area (Å²) in [6, 6.07) is 0. The first kappa shape index (κ1) is 4.30.